The molecule has 0 radical (unpaired) electrons. The summed E-state index contributed by atoms with van der Waals surface area (Å²) in [4.78, 5) is 12.5. The average molecular weight is 286 g/mol. The molecule has 0 bridgehead atoms. The topological polar surface area (TPSA) is 26.3 Å². The molecule has 0 spiro atoms. The lowest BCUT2D eigenvalue weighted by molar-refractivity contribution is 0.0991. The van der Waals surface area contributed by atoms with E-state index in [4.69, 9.17) is 4.74 Å². The quantitative estimate of drug-likeness (QED) is 0.788. The molecule has 110 valence electrons. The van der Waals surface area contributed by atoms with Crippen LogP contribution >= 0.6 is 0 Å². The normalized spacial score (nSPS) is 10.5. The maximum atomic E-state index is 13.7. The van der Waals surface area contributed by atoms with Crippen molar-refractivity contribution in [3.05, 3.63) is 64.0 Å². The first-order chi connectivity index (χ1) is 9.92. The number of hydrogen-bond donors (Lipinski definition) is 0. The van der Waals surface area contributed by atoms with Crippen molar-refractivity contribution in [3.63, 3.8) is 0 Å². The number of halogens is 1. The fourth-order valence-corrected chi connectivity index (χ4v) is 2.71. The minimum Gasteiger partial charge on any atom is -0.494 e. The number of hydrogen-bond acceptors (Lipinski definition) is 2. The zero-order chi connectivity index (χ0) is 15.6. The number of ketones is 1. The fourth-order valence-electron chi connectivity index (χ4n) is 2.71. The number of Topliss-reactive ketones (excluding diaryl/α,β-unsaturated/α-hetero) is 1. The summed E-state index contributed by atoms with van der Waals surface area (Å²) < 4.78 is 18.6. The molecule has 2 nitrogen and oxygen atoms in total. The Morgan fingerprint density at radius 2 is 1.71 bits per heavy atom. The minimum atomic E-state index is -0.444. The van der Waals surface area contributed by atoms with Crippen molar-refractivity contribution >= 4 is 5.78 Å². The van der Waals surface area contributed by atoms with Crippen molar-refractivity contribution in [3.8, 4) is 5.75 Å². The molecule has 0 atom stereocenters. The van der Waals surface area contributed by atoms with Crippen LogP contribution in [-0.4, -0.2) is 12.9 Å². The lowest BCUT2D eigenvalue weighted by Crippen LogP contribution is -2.08. The lowest BCUT2D eigenvalue weighted by atomic mass is 9.93. The van der Waals surface area contributed by atoms with Crippen LogP contribution in [0.15, 0.2) is 30.3 Å². The van der Waals surface area contributed by atoms with Gasteiger partial charge >= 0.3 is 0 Å². The highest BCUT2D eigenvalue weighted by Gasteiger charge is 2.14. The van der Waals surface area contributed by atoms with E-state index in [0.29, 0.717) is 5.56 Å². The van der Waals surface area contributed by atoms with Crippen molar-refractivity contribution in [1.82, 2.24) is 0 Å². The van der Waals surface area contributed by atoms with Gasteiger partial charge in [0.2, 0.25) is 0 Å². The van der Waals surface area contributed by atoms with Gasteiger partial charge in [0.25, 0.3) is 0 Å². The van der Waals surface area contributed by atoms with Crippen LogP contribution in [0.25, 0.3) is 0 Å². The molecule has 3 heteroatoms. The van der Waals surface area contributed by atoms with Gasteiger partial charge in [0.15, 0.2) is 17.3 Å². The standard InChI is InChI=1S/C18H19FO2/c1-11-7-12(2)18(13(3)8-11)16(20)10-14-5-6-17(21-4)15(19)9-14/h5-9H,10H2,1-4H3. The number of carbonyl (C=O) groups excluding carboxylic acids is 1. The number of methoxy groups -OCH3 is 1. The largest absolute Gasteiger partial charge is 0.494 e. The van der Waals surface area contributed by atoms with E-state index in [0.717, 1.165) is 22.3 Å². The highest BCUT2D eigenvalue weighted by molar-refractivity contribution is 6.00. The molecule has 0 saturated carbocycles. The van der Waals surface area contributed by atoms with Gasteiger partial charge in [0.1, 0.15) is 0 Å². The SMILES string of the molecule is COc1ccc(CC(=O)c2c(C)cc(C)cc2C)cc1F. The van der Waals surface area contributed by atoms with Gasteiger partial charge in [0.05, 0.1) is 7.11 Å². The molecule has 0 unspecified atom stereocenters. The third kappa shape index (κ3) is 3.30. The molecule has 0 aliphatic carbocycles. The summed E-state index contributed by atoms with van der Waals surface area (Å²) in [6.07, 6.45) is 0.186. The molecule has 0 amide bonds. The summed E-state index contributed by atoms with van der Waals surface area (Å²) in [5.41, 5.74) is 4.45. The number of aryl methyl sites for hydroxylation is 3. The van der Waals surface area contributed by atoms with Crippen LogP contribution in [0.5, 0.6) is 5.75 Å². The summed E-state index contributed by atoms with van der Waals surface area (Å²) in [6, 6.07) is 8.62. The molecule has 2 aromatic carbocycles. The fraction of sp³-hybridized carbons (Fsp3) is 0.278. The molecular formula is C18H19FO2. The zero-order valence-corrected chi connectivity index (χ0v) is 12.8. The van der Waals surface area contributed by atoms with Crippen LogP contribution in [-0.2, 0) is 6.42 Å². The molecule has 2 aromatic rings. The van der Waals surface area contributed by atoms with E-state index in [-0.39, 0.29) is 18.0 Å². The highest BCUT2D eigenvalue weighted by Crippen LogP contribution is 2.21. The van der Waals surface area contributed by atoms with Crippen LogP contribution in [0.1, 0.15) is 32.6 Å². The lowest BCUT2D eigenvalue weighted by Gasteiger charge is -2.11. The van der Waals surface area contributed by atoms with Gasteiger partial charge in [-0.15, -0.1) is 0 Å². The molecule has 2 rings (SSSR count). The maximum absolute atomic E-state index is 13.7. The first-order valence-corrected chi connectivity index (χ1v) is 6.86. The first kappa shape index (κ1) is 15.2. The predicted molar refractivity (Wildman–Crippen MR) is 81.6 cm³/mol. The first-order valence-electron chi connectivity index (χ1n) is 6.86. The van der Waals surface area contributed by atoms with E-state index in [9.17, 15) is 9.18 Å². The number of rotatable bonds is 4. The molecule has 0 aliphatic rings. The van der Waals surface area contributed by atoms with Gasteiger partial charge in [-0.1, -0.05) is 23.8 Å². The Bertz CT molecular complexity index is 667. The average Bonchev–Trinajstić information content (AvgIpc) is 2.37. The Morgan fingerprint density at radius 1 is 1.10 bits per heavy atom. The van der Waals surface area contributed by atoms with Crippen LogP contribution in [0.2, 0.25) is 0 Å². The van der Waals surface area contributed by atoms with Gasteiger partial charge in [-0.05, 0) is 49.6 Å². The van der Waals surface area contributed by atoms with Crippen LogP contribution in [0.3, 0.4) is 0 Å². The van der Waals surface area contributed by atoms with Crippen molar-refractivity contribution in [2.45, 2.75) is 27.2 Å². The van der Waals surface area contributed by atoms with Crippen molar-refractivity contribution in [2.24, 2.45) is 0 Å². The summed E-state index contributed by atoms with van der Waals surface area (Å²) in [5, 5.41) is 0. The zero-order valence-electron chi connectivity index (χ0n) is 12.8. The predicted octanol–water partition coefficient (Wildman–Crippen LogP) is 4.18. The monoisotopic (exact) mass is 286 g/mol. The van der Waals surface area contributed by atoms with Gasteiger partial charge in [-0.25, -0.2) is 4.39 Å². The summed E-state index contributed by atoms with van der Waals surface area (Å²) in [6.45, 7) is 5.87. The highest BCUT2D eigenvalue weighted by atomic mass is 19.1. The maximum Gasteiger partial charge on any atom is 0.167 e. The van der Waals surface area contributed by atoms with E-state index in [1.54, 1.807) is 12.1 Å². The van der Waals surface area contributed by atoms with Crippen LogP contribution < -0.4 is 4.74 Å². The molecule has 0 aromatic heterocycles. The molecule has 0 heterocycles. The smallest absolute Gasteiger partial charge is 0.167 e. The Morgan fingerprint density at radius 3 is 2.24 bits per heavy atom. The second kappa shape index (κ2) is 6.08. The Balaban J connectivity index is 2.28. The Labute approximate surface area is 124 Å². The third-order valence-corrected chi connectivity index (χ3v) is 3.54. The number of benzene rings is 2. The Hall–Kier alpha value is -2.16. The Kier molecular flexibility index (Phi) is 4.41. The molecule has 0 aliphatic heterocycles. The van der Waals surface area contributed by atoms with Gasteiger partial charge in [0, 0.05) is 12.0 Å². The summed E-state index contributed by atoms with van der Waals surface area (Å²) >= 11 is 0. The third-order valence-electron chi connectivity index (χ3n) is 3.54. The van der Waals surface area contributed by atoms with Crippen LogP contribution in [0.4, 0.5) is 4.39 Å². The molecule has 0 saturated heterocycles. The summed E-state index contributed by atoms with van der Waals surface area (Å²) in [7, 11) is 1.42. The van der Waals surface area contributed by atoms with Crippen molar-refractivity contribution < 1.29 is 13.9 Å². The minimum absolute atomic E-state index is 0.00886. The molecule has 0 fully saturated rings. The van der Waals surface area contributed by atoms with Gasteiger partial charge < -0.3 is 4.74 Å². The molecule has 0 N–H and O–H groups in total. The van der Waals surface area contributed by atoms with E-state index >= 15 is 0 Å². The van der Waals surface area contributed by atoms with Gasteiger partial charge in [-0.2, -0.15) is 0 Å². The van der Waals surface area contributed by atoms with Crippen LogP contribution in [0, 0.1) is 26.6 Å². The van der Waals surface area contributed by atoms with E-state index in [1.807, 2.05) is 32.9 Å². The summed E-state index contributed by atoms with van der Waals surface area (Å²) in [5.74, 6) is -0.247. The van der Waals surface area contributed by atoms with E-state index in [2.05, 4.69) is 0 Å². The van der Waals surface area contributed by atoms with E-state index in [1.165, 1.54) is 13.2 Å². The molecule has 21 heavy (non-hydrogen) atoms. The van der Waals surface area contributed by atoms with Crippen molar-refractivity contribution in [1.29, 1.82) is 0 Å². The number of ether oxygens (including phenoxy) is 1. The number of carbonyl (C=O) groups is 1. The van der Waals surface area contributed by atoms with Crippen molar-refractivity contribution in [2.75, 3.05) is 7.11 Å². The van der Waals surface area contributed by atoms with Gasteiger partial charge in [-0.3, -0.25) is 4.79 Å². The second-order valence-electron chi connectivity index (χ2n) is 5.34. The second-order valence-corrected chi connectivity index (χ2v) is 5.34. The van der Waals surface area contributed by atoms with E-state index < -0.39 is 5.82 Å². The molecular weight excluding hydrogens is 267 g/mol.